The van der Waals surface area contributed by atoms with Gasteiger partial charge in [0.2, 0.25) is 0 Å². The van der Waals surface area contributed by atoms with Gasteiger partial charge in [-0.2, -0.15) is 0 Å². The highest BCUT2D eigenvalue weighted by atomic mass is 32.1. The van der Waals surface area contributed by atoms with Crippen LogP contribution in [0.3, 0.4) is 0 Å². The highest BCUT2D eigenvalue weighted by Gasteiger charge is 2.26. The van der Waals surface area contributed by atoms with E-state index < -0.39 is 0 Å². The van der Waals surface area contributed by atoms with Crippen molar-refractivity contribution in [2.24, 2.45) is 0 Å². The molecule has 164 valence electrons. The zero-order chi connectivity index (χ0) is 21.8. The number of rotatable bonds is 6. The van der Waals surface area contributed by atoms with Crippen molar-refractivity contribution in [1.29, 1.82) is 0 Å². The number of hydrogen-bond acceptors (Lipinski definition) is 5. The van der Waals surface area contributed by atoms with Crippen molar-refractivity contribution in [2.75, 3.05) is 13.6 Å². The van der Waals surface area contributed by atoms with Gasteiger partial charge in [0.25, 0.3) is 5.91 Å². The third kappa shape index (κ3) is 4.96. The number of carbonyl (C=O) groups excluding carboxylic acids is 1. The van der Waals surface area contributed by atoms with Crippen LogP contribution >= 0.6 is 11.3 Å². The number of amides is 1. The van der Waals surface area contributed by atoms with Gasteiger partial charge < -0.3 is 5.32 Å². The maximum Gasteiger partial charge on any atom is 0.261 e. The molecule has 3 heterocycles. The second-order valence-electron chi connectivity index (χ2n) is 8.77. The number of benzene rings is 1. The monoisotopic (exact) mass is 436 g/mol. The molecule has 1 aliphatic heterocycles. The van der Waals surface area contributed by atoms with Crippen molar-refractivity contribution in [3.05, 3.63) is 58.5 Å². The Morgan fingerprint density at radius 1 is 1.19 bits per heavy atom. The summed E-state index contributed by atoms with van der Waals surface area (Å²) in [6, 6.07) is 8.81. The molecule has 1 saturated heterocycles. The number of thiophene rings is 1. The number of nitrogens with one attached hydrogen (secondary N) is 1. The summed E-state index contributed by atoms with van der Waals surface area (Å²) in [5, 5.41) is 4.06. The normalized spacial score (nSPS) is 17.7. The lowest BCUT2D eigenvalue weighted by molar-refractivity contribution is 0.0965. The van der Waals surface area contributed by atoms with E-state index in [9.17, 15) is 4.79 Å². The van der Waals surface area contributed by atoms with Gasteiger partial charge in [-0.3, -0.25) is 9.69 Å². The fraction of sp³-hybridized carbons (Fsp3) is 0.480. The van der Waals surface area contributed by atoms with Crippen molar-refractivity contribution in [2.45, 2.75) is 64.5 Å². The Balaban J connectivity index is 1.61. The van der Waals surface area contributed by atoms with Crippen LogP contribution in [0.25, 0.3) is 10.1 Å². The van der Waals surface area contributed by atoms with Crippen molar-refractivity contribution < 1.29 is 4.79 Å². The van der Waals surface area contributed by atoms with E-state index in [1.807, 2.05) is 12.4 Å². The van der Waals surface area contributed by atoms with Crippen LogP contribution in [0.5, 0.6) is 0 Å². The van der Waals surface area contributed by atoms with Crippen LogP contribution in [0, 0.1) is 0 Å². The van der Waals surface area contributed by atoms with Crippen molar-refractivity contribution >= 4 is 27.3 Å². The number of likely N-dealkylation sites (tertiary alicyclic amines) is 1. The zero-order valence-electron chi connectivity index (χ0n) is 18.7. The third-order valence-electron chi connectivity index (χ3n) is 6.20. The molecule has 1 amide bonds. The summed E-state index contributed by atoms with van der Waals surface area (Å²) in [6.45, 7) is 6.18. The molecule has 1 N–H and O–H groups in total. The van der Waals surface area contributed by atoms with Crippen molar-refractivity contribution in [1.82, 2.24) is 20.2 Å². The first-order valence-electron chi connectivity index (χ1n) is 11.3. The average Bonchev–Trinajstić information content (AvgIpc) is 3.00. The van der Waals surface area contributed by atoms with Gasteiger partial charge in [-0.05, 0) is 42.8 Å². The summed E-state index contributed by atoms with van der Waals surface area (Å²) in [5.41, 5.74) is 2.36. The molecule has 0 aliphatic carbocycles. The van der Waals surface area contributed by atoms with Gasteiger partial charge in [-0.15, -0.1) is 11.3 Å². The Kier molecular flexibility index (Phi) is 6.98. The number of carbonyl (C=O) groups is 1. The van der Waals surface area contributed by atoms with E-state index in [2.05, 4.69) is 58.3 Å². The number of hydrogen-bond donors (Lipinski definition) is 1. The van der Waals surface area contributed by atoms with E-state index in [4.69, 9.17) is 0 Å². The molecule has 0 unspecified atom stereocenters. The van der Waals surface area contributed by atoms with E-state index in [1.54, 1.807) is 18.4 Å². The molecule has 1 aromatic carbocycles. The molecule has 2 aromatic heterocycles. The van der Waals surface area contributed by atoms with Gasteiger partial charge in [-0.25, -0.2) is 9.97 Å². The fourth-order valence-electron chi connectivity index (χ4n) is 4.49. The Labute approximate surface area is 188 Å². The molecule has 1 fully saturated rings. The highest BCUT2D eigenvalue weighted by Crippen LogP contribution is 2.34. The summed E-state index contributed by atoms with van der Waals surface area (Å²) >= 11 is 1.61. The molecule has 31 heavy (non-hydrogen) atoms. The molecule has 0 spiro atoms. The van der Waals surface area contributed by atoms with Crippen LogP contribution in [-0.4, -0.2) is 40.4 Å². The minimum absolute atomic E-state index is 0.0223. The molecular weight excluding hydrogens is 404 g/mol. The average molecular weight is 437 g/mol. The Morgan fingerprint density at radius 3 is 2.71 bits per heavy atom. The van der Waals surface area contributed by atoms with Crippen molar-refractivity contribution in [3.8, 4) is 0 Å². The Hall–Kier alpha value is -2.31. The number of fused-ring (bicyclic) bond motifs is 1. The molecule has 0 bridgehead atoms. The van der Waals surface area contributed by atoms with E-state index >= 15 is 0 Å². The van der Waals surface area contributed by atoms with E-state index in [1.165, 1.54) is 34.9 Å². The Morgan fingerprint density at radius 2 is 1.97 bits per heavy atom. The minimum atomic E-state index is 0.0223. The summed E-state index contributed by atoms with van der Waals surface area (Å²) in [7, 11) is 1.72. The maximum atomic E-state index is 12.6. The summed E-state index contributed by atoms with van der Waals surface area (Å²) < 4.78 is 1.19. The van der Waals surface area contributed by atoms with Crippen LogP contribution < -0.4 is 5.32 Å². The SMILES string of the molecule is CNC(=O)c1sc2ccccc2c1C[C@H]1CCCCCN1Cc1cnc(C(C)C)nc1. The topological polar surface area (TPSA) is 58.1 Å². The molecular formula is C25H32N4OS. The summed E-state index contributed by atoms with van der Waals surface area (Å²) in [5.74, 6) is 1.26. The lowest BCUT2D eigenvalue weighted by Gasteiger charge is -2.30. The summed E-state index contributed by atoms with van der Waals surface area (Å²) in [4.78, 5) is 25.2. The first kappa shape index (κ1) is 21.9. The standard InChI is InChI=1S/C25H32N4OS/c1-17(2)24-27-14-18(15-28-24)16-29-12-8-4-5-9-19(29)13-21-20-10-6-7-11-22(20)31-23(21)25(30)26-3/h6-7,10-11,14-15,17,19H,4-5,8-9,12-13,16H2,1-3H3,(H,26,30)/t19-/m1/s1. The van der Waals surface area contributed by atoms with Crippen LogP contribution in [0.4, 0.5) is 0 Å². The predicted molar refractivity (Wildman–Crippen MR) is 128 cm³/mol. The second-order valence-corrected chi connectivity index (χ2v) is 9.82. The van der Waals surface area contributed by atoms with Crippen LogP contribution in [-0.2, 0) is 13.0 Å². The van der Waals surface area contributed by atoms with Crippen molar-refractivity contribution in [3.63, 3.8) is 0 Å². The maximum absolute atomic E-state index is 12.6. The lowest BCUT2D eigenvalue weighted by atomic mass is 9.97. The largest absolute Gasteiger partial charge is 0.354 e. The van der Waals surface area contributed by atoms with Gasteiger partial charge in [0.15, 0.2) is 0 Å². The van der Waals surface area contributed by atoms with Gasteiger partial charge >= 0.3 is 0 Å². The van der Waals surface area contributed by atoms with Crippen LogP contribution in [0.15, 0.2) is 36.7 Å². The molecule has 1 atom stereocenters. The molecule has 5 nitrogen and oxygen atoms in total. The molecule has 6 heteroatoms. The van der Waals surface area contributed by atoms with Gasteiger partial charge in [0.1, 0.15) is 5.82 Å². The Bertz CT molecular complexity index is 1030. The molecule has 0 radical (unpaired) electrons. The van der Waals surface area contributed by atoms with E-state index in [0.717, 1.165) is 42.2 Å². The molecule has 0 saturated carbocycles. The van der Waals surface area contributed by atoms with Crippen LogP contribution in [0.1, 0.15) is 72.1 Å². The quantitative estimate of drug-likeness (QED) is 0.580. The minimum Gasteiger partial charge on any atom is -0.354 e. The first-order chi connectivity index (χ1) is 15.1. The smallest absolute Gasteiger partial charge is 0.261 e. The first-order valence-corrected chi connectivity index (χ1v) is 12.2. The molecule has 3 aromatic rings. The highest BCUT2D eigenvalue weighted by molar-refractivity contribution is 7.21. The molecule has 4 rings (SSSR count). The number of nitrogens with zero attached hydrogens (tertiary/aromatic N) is 3. The summed E-state index contributed by atoms with van der Waals surface area (Å²) in [6.07, 6.45) is 9.75. The van der Waals surface area contributed by atoms with Crippen LogP contribution in [0.2, 0.25) is 0 Å². The predicted octanol–water partition coefficient (Wildman–Crippen LogP) is 5.16. The fourth-order valence-corrected chi connectivity index (χ4v) is 5.67. The molecule has 1 aliphatic rings. The second kappa shape index (κ2) is 9.88. The number of aromatic nitrogens is 2. The van der Waals surface area contributed by atoms with E-state index in [0.29, 0.717) is 12.0 Å². The van der Waals surface area contributed by atoms with Gasteiger partial charge in [-0.1, -0.05) is 44.9 Å². The van der Waals surface area contributed by atoms with Gasteiger partial charge in [0.05, 0.1) is 4.88 Å². The third-order valence-corrected chi connectivity index (χ3v) is 7.41. The lowest BCUT2D eigenvalue weighted by Crippen LogP contribution is -2.36. The zero-order valence-corrected chi connectivity index (χ0v) is 19.5. The van der Waals surface area contributed by atoms with Gasteiger partial charge in [0, 0.05) is 48.2 Å². The van der Waals surface area contributed by atoms with E-state index in [-0.39, 0.29) is 5.91 Å².